The molecule has 0 heterocycles. The van der Waals surface area contributed by atoms with Crippen LogP contribution in [0.2, 0.25) is 5.02 Å². The van der Waals surface area contributed by atoms with Gasteiger partial charge in [0.1, 0.15) is 5.75 Å². The molecule has 16 heavy (non-hydrogen) atoms. The van der Waals surface area contributed by atoms with Crippen molar-refractivity contribution in [2.24, 2.45) is 0 Å². The molecule has 1 amide bonds. The molecule has 5 heteroatoms. The summed E-state index contributed by atoms with van der Waals surface area (Å²) in [6.45, 7) is 0.509. The molecule has 0 fully saturated rings. The van der Waals surface area contributed by atoms with Gasteiger partial charge in [0.25, 0.3) is 0 Å². The molecule has 0 aliphatic carbocycles. The Morgan fingerprint density at radius 2 is 2.19 bits per heavy atom. The summed E-state index contributed by atoms with van der Waals surface area (Å²) in [5.41, 5.74) is 1.03. The summed E-state index contributed by atoms with van der Waals surface area (Å²) in [6.07, 6.45) is 0.262. The Kier molecular flexibility index (Phi) is 4.92. The standard InChI is InChI=1S/C11H14ClNO3/c1-15-10-4-3-8(7-9(10)12)5-6-13-11(14)16-2/h3-4,7H,5-6H2,1-2H3,(H,13,14). The molecule has 0 aromatic heterocycles. The van der Waals surface area contributed by atoms with Gasteiger partial charge in [-0.2, -0.15) is 0 Å². The van der Waals surface area contributed by atoms with Gasteiger partial charge < -0.3 is 14.8 Å². The number of amides is 1. The minimum atomic E-state index is -0.431. The van der Waals surface area contributed by atoms with Crippen LogP contribution in [-0.4, -0.2) is 26.9 Å². The van der Waals surface area contributed by atoms with Crippen LogP contribution in [0.4, 0.5) is 4.79 Å². The molecule has 88 valence electrons. The Morgan fingerprint density at radius 3 is 2.75 bits per heavy atom. The van der Waals surface area contributed by atoms with E-state index in [0.29, 0.717) is 23.7 Å². The lowest BCUT2D eigenvalue weighted by Crippen LogP contribution is -2.25. The molecule has 0 spiro atoms. The van der Waals surface area contributed by atoms with Gasteiger partial charge in [0.05, 0.1) is 19.2 Å². The summed E-state index contributed by atoms with van der Waals surface area (Å²) in [6, 6.07) is 5.53. The Balaban J connectivity index is 2.49. The molecule has 1 aromatic carbocycles. The molecular formula is C11H14ClNO3. The number of hydrogen-bond acceptors (Lipinski definition) is 3. The third-order valence-corrected chi connectivity index (χ3v) is 2.38. The number of hydrogen-bond donors (Lipinski definition) is 1. The summed E-state index contributed by atoms with van der Waals surface area (Å²) in [5, 5.41) is 3.16. The summed E-state index contributed by atoms with van der Waals surface area (Å²) in [4.78, 5) is 10.8. The molecule has 1 N–H and O–H groups in total. The monoisotopic (exact) mass is 243 g/mol. The first-order valence-electron chi connectivity index (χ1n) is 4.81. The van der Waals surface area contributed by atoms with Crippen LogP contribution in [0.5, 0.6) is 5.75 Å². The molecule has 0 saturated carbocycles. The fraction of sp³-hybridized carbons (Fsp3) is 0.364. The molecule has 0 unspecified atom stereocenters. The van der Waals surface area contributed by atoms with Crippen LogP contribution < -0.4 is 10.1 Å². The smallest absolute Gasteiger partial charge is 0.406 e. The SMILES string of the molecule is COC(=O)NCCc1ccc(OC)c(Cl)c1. The van der Waals surface area contributed by atoms with E-state index in [2.05, 4.69) is 10.1 Å². The van der Waals surface area contributed by atoms with Gasteiger partial charge in [-0.1, -0.05) is 17.7 Å². The van der Waals surface area contributed by atoms with E-state index in [1.54, 1.807) is 13.2 Å². The lowest BCUT2D eigenvalue weighted by molar-refractivity contribution is 0.171. The number of carbonyl (C=O) groups excluding carboxylic acids is 1. The maximum absolute atomic E-state index is 10.8. The number of rotatable bonds is 4. The Bertz CT molecular complexity index is 368. The number of nitrogens with one attached hydrogen (secondary N) is 1. The minimum Gasteiger partial charge on any atom is -0.495 e. The molecule has 0 radical (unpaired) electrons. The first-order chi connectivity index (χ1) is 7.67. The number of benzene rings is 1. The highest BCUT2D eigenvalue weighted by molar-refractivity contribution is 6.32. The lowest BCUT2D eigenvalue weighted by Gasteiger charge is -2.06. The molecular weight excluding hydrogens is 230 g/mol. The highest BCUT2D eigenvalue weighted by Gasteiger charge is 2.02. The summed E-state index contributed by atoms with van der Waals surface area (Å²) >= 11 is 5.96. The van der Waals surface area contributed by atoms with Gasteiger partial charge in [-0.15, -0.1) is 0 Å². The van der Waals surface area contributed by atoms with E-state index >= 15 is 0 Å². The summed E-state index contributed by atoms with van der Waals surface area (Å²) < 4.78 is 9.49. The van der Waals surface area contributed by atoms with Crippen LogP contribution in [0.25, 0.3) is 0 Å². The highest BCUT2D eigenvalue weighted by atomic mass is 35.5. The van der Waals surface area contributed by atoms with Crippen LogP contribution in [0.15, 0.2) is 18.2 Å². The number of methoxy groups -OCH3 is 2. The first kappa shape index (κ1) is 12.6. The molecule has 0 atom stereocenters. The zero-order valence-corrected chi connectivity index (χ0v) is 10.0. The van der Waals surface area contributed by atoms with Crippen molar-refractivity contribution >= 4 is 17.7 Å². The van der Waals surface area contributed by atoms with E-state index in [1.807, 2.05) is 12.1 Å². The van der Waals surface area contributed by atoms with Crippen LogP contribution in [-0.2, 0) is 11.2 Å². The van der Waals surface area contributed by atoms with Gasteiger partial charge in [-0.3, -0.25) is 0 Å². The van der Waals surface area contributed by atoms with Gasteiger partial charge in [0, 0.05) is 6.54 Å². The van der Waals surface area contributed by atoms with Crippen molar-refractivity contribution in [2.75, 3.05) is 20.8 Å². The molecule has 0 aliphatic heterocycles. The van der Waals surface area contributed by atoms with Gasteiger partial charge in [0.15, 0.2) is 0 Å². The Labute approximate surface area is 99.5 Å². The Hall–Kier alpha value is -1.42. The lowest BCUT2D eigenvalue weighted by atomic mass is 10.1. The Morgan fingerprint density at radius 1 is 1.44 bits per heavy atom. The average molecular weight is 244 g/mol. The molecule has 0 aliphatic rings. The van der Waals surface area contributed by atoms with Crippen LogP contribution in [0.1, 0.15) is 5.56 Å². The molecule has 1 aromatic rings. The third-order valence-electron chi connectivity index (χ3n) is 2.08. The fourth-order valence-electron chi connectivity index (χ4n) is 1.25. The van der Waals surface area contributed by atoms with E-state index in [4.69, 9.17) is 16.3 Å². The summed E-state index contributed by atoms with van der Waals surface area (Å²) in [7, 11) is 2.90. The predicted molar refractivity (Wildman–Crippen MR) is 62.1 cm³/mol. The van der Waals surface area contributed by atoms with Crippen molar-refractivity contribution in [2.45, 2.75) is 6.42 Å². The van der Waals surface area contributed by atoms with Crippen LogP contribution in [0.3, 0.4) is 0 Å². The van der Waals surface area contributed by atoms with E-state index in [-0.39, 0.29) is 0 Å². The number of carbonyl (C=O) groups is 1. The van der Waals surface area contributed by atoms with Crippen molar-refractivity contribution in [1.29, 1.82) is 0 Å². The quantitative estimate of drug-likeness (QED) is 0.882. The number of ether oxygens (including phenoxy) is 2. The van der Waals surface area contributed by atoms with Gasteiger partial charge in [-0.05, 0) is 24.1 Å². The molecule has 0 saturated heterocycles. The van der Waals surface area contributed by atoms with Crippen molar-refractivity contribution in [3.63, 3.8) is 0 Å². The zero-order valence-electron chi connectivity index (χ0n) is 9.25. The second-order valence-electron chi connectivity index (χ2n) is 3.14. The maximum Gasteiger partial charge on any atom is 0.406 e. The van der Waals surface area contributed by atoms with Gasteiger partial charge >= 0.3 is 6.09 Å². The van der Waals surface area contributed by atoms with E-state index in [9.17, 15) is 4.79 Å². The second kappa shape index (κ2) is 6.23. The summed E-state index contributed by atoms with van der Waals surface area (Å²) in [5.74, 6) is 0.645. The molecule has 1 rings (SSSR count). The number of halogens is 1. The predicted octanol–water partition coefficient (Wildman–Crippen LogP) is 2.25. The minimum absolute atomic E-state index is 0.431. The zero-order chi connectivity index (χ0) is 12.0. The molecule has 0 bridgehead atoms. The third kappa shape index (κ3) is 3.62. The normalized spacial score (nSPS) is 9.69. The van der Waals surface area contributed by atoms with Gasteiger partial charge in [0.2, 0.25) is 0 Å². The average Bonchev–Trinajstić information content (AvgIpc) is 2.29. The van der Waals surface area contributed by atoms with E-state index in [0.717, 1.165) is 5.56 Å². The van der Waals surface area contributed by atoms with E-state index < -0.39 is 6.09 Å². The topological polar surface area (TPSA) is 47.6 Å². The van der Waals surface area contributed by atoms with Crippen LogP contribution >= 0.6 is 11.6 Å². The maximum atomic E-state index is 10.8. The highest BCUT2D eigenvalue weighted by Crippen LogP contribution is 2.24. The fourth-order valence-corrected chi connectivity index (χ4v) is 1.53. The second-order valence-corrected chi connectivity index (χ2v) is 3.54. The van der Waals surface area contributed by atoms with Crippen molar-refractivity contribution in [3.05, 3.63) is 28.8 Å². The van der Waals surface area contributed by atoms with Gasteiger partial charge in [-0.25, -0.2) is 4.79 Å². The first-order valence-corrected chi connectivity index (χ1v) is 5.19. The van der Waals surface area contributed by atoms with Crippen molar-refractivity contribution in [3.8, 4) is 5.75 Å². The van der Waals surface area contributed by atoms with Crippen molar-refractivity contribution < 1.29 is 14.3 Å². The van der Waals surface area contributed by atoms with E-state index in [1.165, 1.54) is 7.11 Å². The van der Waals surface area contributed by atoms with Crippen molar-refractivity contribution in [1.82, 2.24) is 5.32 Å². The van der Waals surface area contributed by atoms with Crippen LogP contribution in [0, 0.1) is 0 Å². The largest absolute Gasteiger partial charge is 0.495 e. The molecule has 4 nitrogen and oxygen atoms in total. The number of alkyl carbamates (subject to hydrolysis) is 1.